The second kappa shape index (κ2) is 7.74. The maximum Gasteiger partial charge on any atom is 0.219 e. The molecule has 1 fully saturated rings. The number of hydrogen-bond donors (Lipinski definition) is 0. The zero-order chi connectivity index (χ0) is 19.0. The molecular formula is C21H30N4OS. The molecule has 1 amide bonds. The van der Waals surface area contributed by atoms with Crippen molar-refractivity contribution in [1.29, 1.82) is 0 Å². The highest BCUT2D eigenvalue weighted by Gasteiger charge is 2.26. The summed E-state index contributed by atoms with van der Waals surface area (Å²) in [6.45, 7) is 9.40. The van der Waals surface area contributed by atoms with Crippen molar-refractivity contribution in [3.05, 3.63) is 16.3 Å². The van der Waals surface area contributed by atoms with Gasteiger partial charge in [0.15, 0.2) is 0 Å². The van der Waals surface area contributed by atoms with Gasteiger partial charge in [-0.3, -0.25) is 4.79 Å². The second-order valence-corrected chi connectivity index (χ2v) is 9.38. The lowest BCUT2D eigenvalue weighted by Crippen LogP contribution is -2.48. The SMILES string of the molecule is CC(=O)N1CCN(c2nc(CC(C)C)nc3sc4c(c23)CCCCC4)CC1. The van der Waals surface area contributed by atoms with Gasteiger partial charge in [-0.25, -0.2) is 9.97 Å². The Hall–Kier alpha value is -1.69. The highest BCUT2D eigenvalue weighted by Crippen LogP contribution is 2.39. The van der Waals surface area contributed by atoms with Crippen LogP contribution in [0.2, 0.25) is 0 Å². The molecule has 0 spiro atoms. The summed E-state index contributed by atoms with van der Waals surface area (Å²) < 4.78 is 0. The van der Waals surface area contributed by atoms with Gasteiger partial charge in [0.05, 0.1) is 5.39 Å². The number of fused-ring (bicyclic) bond motifs is 3. The molecule has 4 rings (SSSR count). The topological polar surface area (TPSA) is 49.3 Å². The first-order chi connectivity index (χ1) is 13.0. The number of aromatic nitrogens is 2. The molecule has 1 saturated heterocycles. The minimum absolute atomic E-state index is 0.174. The van der Waals surface area contributed by atoms with Crippen LogP contribution in [0.3, 0.4) is 0 Å². The number of nitrogens with zero attached hydrogens (tertiary/aromatic N) is 4. The van der Waals surface area contributed by atoms with E-state index in [9.17, 15) is 4.79 Å². The number of amides is 1. The predicted molar refractivity (Wildman–Crippen MR) is 112 cm³/mol. The molecule has 27 heavy (non-hydrogen) atoms. The van der Waals surface area contributed by atoms with Crippen molar-refractivity contribution in [3.8, 4) is 0 Å². The first kappa shape index (κ1) is 18.7. The Labute approximate surface area is 165 Å². The van der Waals surface area contributed by atoms with Crippen LogP contribution >= 0.6 is 11.3 Å². The van der Waals surface area contributed by atoms with Crippen LogP contribution in [0.5, 0.6) is 0 Å². The molecule has 0 atom stereocenters. The molecule has 0 N–H and O–H groups in total. The molecule has 0 saturated carbocycles. The van der Waals surface area contributed by atoms with Crippen molar-refractivity contribution in [2.24, 2.45) is 5.92 Å². The van der Waals surface area contributed by atoms with E-state index in [4.69, 9.17) is 9.97 Å². The highest BCUT2D eigenvalue weighted by atomic mass is 32.1. The molecule has 0 unspecified atom stereocenters. The van der Waals surface area contributed by atoms with Gasteiger partial charge in [0.1, 0.15) is 16.5 Å². The van der Waals surface area contributed by atoms with E-state index < -0.39 is 0 Å². The Balaban J connectivity index is 1.76. The maximum atomic E-state index is 11.7. The van der Waals surface area contributed by atoms with E-state index in [0.29, 0.717) is 5.92 Å². The van der Waals surface area contributed by atoms with Gasteiger partial charge in [-0.15, -0.1) is 11.3 Å². The third kappa shape index (κ3) is 3.82. The van der Waals surface area contributed by atoms with E-state index in [1.807, 2.05) is 16.2 Å². The molecular weight excluding hydrogens is 356 g/mol. The van der Waals surface area contributed by atoms with E-state index in [-0.39, 0.29) is 5.91 Å². The molecule has 2 aromatic heterocycles. The molecule has 146 valence electrons. The van der Waals surface area contributed by atoms with Crippen molar-refractivity contribution >= 4 is 33.3 Å². The number of carbonyl (C=O) groups is 1. The van der Waals surface area contributed by atoms with Gasteiger partial charge in [0.25, 0.3) is 0 Å². The number of piperazine rings is 1. The minimum atomic E-state index is 0.174. The Morgan fingerprint density at radius 2 is 1.81 bits per heavy atom. The summed E-state index contributed by atoms with van der Waals surface area (Å²) >= 11 is 1.90. The van der Waals surface area contributed by atoms with E-state index in [0.717, 1.165) is 50.7 Å². The van der Waals surface area contributed by atoms with E-state index in [1.54, 1.807) is 6.92 Å². The predicted octanol–water partition coefficient (Wildman–Crippen LogP) is 3.83. The van der Waals surface area contributed by atoms with Crippen LogP contribution in [0.4, 0.5) is 5.82 Å². The highest BCUT2D eigenvalue weighted by molar-refractivity contribution is 7.19. The molecule has 5 nitrogen and oxygen atoms in total. The fraction of sp³-hybridized carbons (Fsp3) is 0.667. The summed E-state index contributed by atoms with van der Waals surface area (Å²) in [5, 5.41) is 1.31. The van der Waals surface area contributed by atoms with Gasteiger partial charge in [-0.2, -0.15) is 0 Å². The minimum Gasteiger partial charge on any atom is -0.352 e. The molecule has 3 heterocycles. The zero-order valence-electron chi connectivity index (χ0n) is 16.8. The number of hydrogen-bond acceptors (Lipinski definition) is 5. The standard InChI is InChI=1S/C21H30N4OS/c1-14(2)13-18-22-20(25-11-9-24(10-12-25)15(3)26)19-16-7-5-4-6-8-17(16)27-21(19)23-18/h14H,4-13H2,1-3H3. The van der Waals surface area contributed by atoms with Crippen LogP contribution in [-0.4, -0.2) is 47.0 Å². The molecule has 6 heteroatoms. The molecule has 2 aliphatic rings. The first-order valence-corrected chi connectivity index (χ1v) is 11.2. The summed E-state index contributed by atoms with van der Waals surface area (Å²) in [6.07, 6.45) is 7.14. The van der Waals surface area contributed by atoms with Gasteiger partial charge >= 0.3 is 0 Å². The fourth-order valence-corrected chi connectivity index (χ4v) is 5.55. The van der Waals surface area contributed by atoms with Crippen molar-refractivity contribution < 1.29 is 4.79 Å². The lowest BCUT2D eigenvalue weighted by molar-refractivity contribution is -0.129. The van der Waals surface area contributed by atoms with E-state index in [1.165, 1.54) is 46.3 Å². The largest absolute Gasteiger partial charge is 0.352 e. The van der Waals surface area contributed by atoms with Crippen molar-refractivity contribution in [2.75, 3.05) is 31.1 Å². The number of thiophene rings is 1. The van der Waals surface area contributed by atoms with Crippen LogP contribution in [-0.2, 0) is 24.1 Å². The lowest BCUT2D eigenvalue weighted by Gasteiger charge is -2.35. The molecule has 1 aliphatic heterocycles. The Morgan fingerprint density at radius 3 is 2.52 bits per heavy atom. The molecule has 0 bridgehead atoms. The Bertz CT molecular complexity index is 836. The zero-order valence-corrected chi connectivity index (χ0v) is 17.6. The van der Waals surface area contributed by atoms with Gasteiger partial charge in [-0.05, 0) is 37.2 Å². The molecule has 2 aromatic rings. The number of carbonyl (C=O) groups excluding carboxylic acids is 1. The summed E-state index contributed by atoms with van der Waals surface area (Å²) in [5.41, 5.74) is 1.51. The summed E-state index contributed by atoms with van der Waals surface area (Å²) in [6, 6.07) is 0. The van der Waals surface area contributed by atoms with Crippen LogP contribution < -0.4 is 4.90 Å². The van der Waals surface area contributed by atoms with Gasteiger partial charge in [-0.1, -0.05) is 20.3 Å². The Kier molecular flexibility index (Phi) is 5.35. The number of anilines is 1. The van der Waals surface area contributed by atoms with Crippen molar-refractivity contribution in [3.63, 3.8) is 0 Å². The summed E-state index contributed by atoms with van der Waals surface area (Å²) in [4.78, 5) is 28.8. The van der Waals surface area contributed by atoms with Crippen molar-refractivity contribution in [2.45, 2.75) is 59.3 Å². The quantitative estimate of drug-likeness (QED) is 0.753. The monoisotopic (exact) mass is 386 g/mol. The van der Waals surface area contributed by atoms with Crippen molar-refractivity contribution in [1.82, 2.24) is 14.9 Å². The van der Waals surface area contributed by atoms with Gasteiger partial charge < -0.3 is 9.80 Å². The van der Waals surface area contributed by atoms with Crippen LogP contribution in [0.1, 0.15) is 56.3 Å². The average Bonchev–Trinajstić information content (AvgIpc) is 2.82. The van der Waals surface area contributed by atoms with Crippen LogP contribution in [0.15, 0.2) is 0 Å². The Morgan fingerprint density at radius 1 is 1.07 bits per heavy atom. The number of rotatable bonds is 3. The molecule has 0 radical (unpaired) electrons. The maximum absolute atomic E-state index is 11.7. The lowest BCUT2D eigenvalue weighted by atomic mass is 10.1. The van der Waals surface area contributed by atoms with Gasteiger partial charge in [0.2, 0.25) is 5.91 Å². The molecule has 0 aromatic carbocycles. The average molecular weight is 387 g/mol. The van der Waals surface area contributed by atoms with E-state index in [2.05, 4.69) is 18.7 Å². The second-order valence-electron chi connectivity index (χ2n) is 8.30. The molecule has 1 aliphatic carbocycles. The summed E-state index contributed by atoms with van der Waals surface area (Å²) in [5.74, 6) is 2.81. The number of aryl methyl sites for hydroxylation is 2. The third-order valence-corrected chi connectivity index (χ3v) is 6.89. The van der Waals surface area contributed by atoms with E-state index >= 15 is 0 Å². The first-order valence-electron chi connectivity index (χ1n) is 10.3. The normalized spacial score (nSPS) is 18.1. The summed E-state index contributed by atoms with van der Waals surface area (Å²) in [7, 11) is 0. The fourth-order valence-electron chi connectivity index (χ4n) is 4.28. The van der Waals surface area contributed by atoms with Crippen LogP contribution in [0.25, 0.3) is 10.2 Å². The van der Waals surface area contributed by atoms with Crippen LogP contribution in [0, 0.1) is 5.92 Å². The van der Waals surface area contributed by atoms with Gasteiger partial charge in [0, 0.05) is 44.4 Å². The smallest absolute Gasteiger partial charge is 0.219 e. The third-order valence-electron chi connectivity index (χ3n) is 5.71.